The van der Waals surface area contributed by atoms with Crippen molar-refractivity contribution in [2.75, 3.05) is 6.54 Å². The van der Waals surface area contributed by atoms with Gasteiger partial charge in [-0.25, -0.2) is 12.8 Å². The molecule has 0 fully saturated rings. The molecule has 0 saturated heterocycles. The lowest BCUT2D eigenvalue weighted by molar-refractivity contribution is 0.293. The third kappa shape index (κ3) is 2.75. The second kappa shape index (κ2) is 6.37. The first kappa shape index (κ1) is 17.0. The Balaban J connectivity index is 1.87. The van der Waals surface area contributed by atoms with Crippen LogP contribution in [0.2, 0.25) is 0 Å². The zero-order chi connectivity index (χ0) is 18.3. The maximum atomic E-state index is 14.6. The van der Waals surface area contributed by atoms with Crippen LogP contribution < -0.4 is 0 Å². The van der Waals surface area contributed by atoms with Gasteiger partial charge >= 0.3 is 0 Å². The summed E-state index contributed by atoms with van der Waals surface area (Å²) in [6.07, 6.45) is 1.90. The number of hydrogen-bond donors (Lipinski definition) is 0. The van der Waals surface area contributed by atoms with Crippen LogP contribution in [0.1, 0.15) is 22.9 Å². The van der Waals surface area contributed by atoms with Crippen molar-refractivity contribution in [1.82, 2.24) is 8.87 Å². The quantitative estimate of drug-likeness (QED) is 0.705. The summed E-state index contributed by atoms with van der Waals surface area (Å²) in [5.41, 5.74) is 2.13. The number of aromatic nitrogens is 1. The van der Waals surface area contributed by atoms with Crippen LogP contribution in [0, 0.1) is 12.7 Å². The van der Waals surface area contributed by atoms with Crippen LogP contribution in [-0.4, -0.2) is 23.8 Å². The Labute approximate surface area is 152 Å². The van der Waals surface area contributed by atoms with E-state index in [1.165, 1.54) is 10.4 Å². The summed E-state index contributed by atoms with van der Waals surface area (Å²) >= 11 is 0. The van der Waals surface area contributed by atoms with E-state index in [1.807, 2.05) is 29.8 Å². The molecule has 0 radical (unpaired) electrons. The molecule has 26 heavy (non-hydrogen) atoms. The summed E-state index contributed by atoms with van der Waals surface area (Å²) in [5.74, 6) is -0.406. The number of hydrogen-bond acceptors (Lipinski definition) is 2. The molecule has 2 aromatic carbocycles. The van der Waals surface area contributed by atoms with Gasteiger partial charge in [0.15, 0.2) is 0 Å². The Morgan fingerprint density at radius 3 is 2.42 bits per heavy atom. The highest BCUT2D eigenvalue weighted by atomic mass is 32.2. The number of sulfonamides is 1. The topological polar surface area (TPSA) is 42.3 Å². The van der Waals surface area contributed by atoms with Crippen molar-refractivity contribution in [3.8, 4) is 0 Å². The Kier molecular flexibility index (Phi) is 4.17. The van der Waals surface area contributed by atoms with Gasteiger partial charge < -0.3 is 4.57 Å². The minimum atomic E-state index is -3.76. The van der Waals surface area contributed by atoms with Crippen LogP contribution in [-0.2, 0) is 16.6 Å². The maximum Gasteiger partial charge on any atom is 0.244 e. The molecule has 1 aromatic heterocycles. The summed E-state index contributed by atoms with van der Waals surface area (Å²) in [5, 5.41) is 0. The van der Waals surface area contributed by atoms with Crippen molar-refractivity contribution < 1.29 is 12.8 Å². The second-order valence-electron chi connectivity index (χ2n) is 6.48. The average molecular weight is 370 g/mol. The summed E-state index contributed by atoms with van der Waals surface area (Å²) < 4.78 is 44.6. The van der Waals surface area contributed by atoms with E-state index in [0.29, 0.717) is 12.1 Å². The van der Waals surface area contributed by atoms with Crippen LogP contribution >= 0.6 is 0 Å². The molecule has 0 N–H and O–H groups in total. The van der Waals surface area contributed by atoms with Crippen LogP contribution in [0.25, 0.3) is 0 Å². The minimum absolute atomic E-state index is 0.226. The fraction of sp³-hybridized carbons (Fsp3) is 0.200. The van der Waals surface area contributed by atoms with Gasteiger partial charge in [0.1, 0.15) is 5.82 Å². The van der Waals surface area contributed by atoms with Crippen LogP contribution in [0.5, 0.6) is 0 Å². The number of aryl methyl sites for hydroxylation is 1. The highest BCUT2D eigenvalue weighted by molar-refractivity contribution is 7.89. The lowest BCUT2D eigenvalue weighted by atomic mass is 10.0. The van der Waals surface area contributed by atoms with E-state index in [-0.39, 0.29) is 11.4 Å². The smallest absolute Gasteiger partial charge is 0.244 e. The number of benzene rings is 2. The number of fused-ring (bicyclic) bond motifs is 1. The fourth-order valence-corrected chi connectivity index (χ4v) is 5.05. The third-order valence-corrected chi connectivity index (χ3v) is 6.70. The molecule has 3 aromatic rings. The Morgan fingerprint density at radius 1 is 0.962 bits per heavy atom. The molecule has 0 spiro atoms. The molecule has 0 bridgehead atoms. The van der Waals surface area contributed by atoms with Gasteiger partial charge in [-0.15, -0.1) is 0 Å². The first-order chi connectivity index (χ1) is 12.5. The summed E-state index contributed by atoms with van der Waals surface area (Å²) in [6.45, 7) is 2.74. The van der Waals surface area contributed by atoms with Gasteiger partial charge in [-0.05, 0) is 37.3 Å². The van der Waals surface area contributed by atoms with Crippen LogP contribution in [0.15, 0.2) is 71.8 Å². The van der Waals surface area contributed by atoms with Crippen LogP contribution in [0.4, 0.5) is 4.39 Å². The van der Waals surface area contributed by atoms with E-state index in [9.17, 15) is 12.8 Å². The first-order valence-corrected chi connectivity index (χ1v) is 9.90. The van der Waals surface area contributed by atoms with Gasteiger partial charge in [0.2, 0.25) is 10.0 Å². The van der Waals surface area contributed by atoms with Gasteiger partial charge in [-0.2, -0.15) is 4.31 Å². The molecule has 0 amide bonds. The van der Waals surface area contributed by atoms with Crippen LogP contribution in [0.3, 0.4) is 0 Å². The van der Waals surface area contributed by atoms with Crippen molar-refractivity contribution in [2.45, 2.75) is 24.4 Å². The highest BCUT2D eigenvalue weighted by Crippen LogP contribution is 2.37. The first-order valence-electron chi connectivity index (χ1n) is 8.46. The fourth-order valence-electron chi connectivity index (χ4n) is 3.48. The van der Waals surface area contributed by atoms with Gasteiger partial charge in [-0.1, -0.05) is 35.9 Å². The Hall–Kier alpha value is -2.44. The molecule has 1 aliphatic heterocycles. The maximum absolute atomic E-state index is 14.6. The molecule has 0 unspecified atom stereocenters. The molecular weight excluding hydrogens is 351 g/mol. The van der Waals surface area contributed by atoms with E-state index in [1.54, 1.807) is 42.5 Å². The molecule has 2 heterocycles. The van der Waals surface area contributed by atoms with Gasteiger partial charge in [0, 0.05) is 30.5 Å². The van der Waals surface area contributed by atoms with E-state index < -0.39 is 21.9 Å². The van der Waals surface area contributed by atoms with Crippen molar-refractivity contribution in [3.05, 3.63) is 89.5 Å². The second-order valence-corrected chi connectivity index (χ2v) is 8.37. The van der Waals surface area contributed by atoms with Gasteiger partial charge in [0.25, 0.3) is 0 Å². The predicted molar refractivity (Wildman–Crippen MR) is 97.7 cm³/mol. The van der Waals surface area contributed by atoms with Crippen molar-refractivity contribution in [3.63, 3.8) is 0 Å². The molecule has 4 nitrogen and oxygen atoms in total. The lowest BCUT2D eigenvalue weighted by Gasteiger charge is -2.36. The standard InChI is InChI=1S/C20H19FN2O2S/c1-15-8-10-16(11-9-15)26(24,25)23-14-13-22-12-4-7-19(22)20(23)17-5-2-3-6-18(17)21/h2-12,20H,13-14H2,1H3/t20-/m1/s1. The predicted octanol–water partition coefficient (Wildman–Crippen LogP) is 3.73. The zero-order valence-corrected chi connectivity index (χ0v) is 15.2. The molecule has 1 aliphatic rings. The van der Waals surface area contributed by atoms with E-state index in [2.05, 4.69) is 0 Å². The Bertz CT molecular complexity index is 1040. The summed E-state index contributed by atoms with van der Waals surface area (Å²) in [7, 11) is -3.76. The van der Waals surface area contributed by atoms with Crippen molar-refractivity contribution >= 4 is 10.0 Å². The monoisotopic (exact) mass is 370 g/mol. The lowest BCUT2D eigenvalue weighted by Crippen LogP contribution is -2.42. The van der Waals surface area contributed by atoms with E-state index in [4.69, 9.17) is 0 Å². The normalized spacial score (nSPS) is 17.8. The molecule has 4 rings (SSSR count). The third-order valence-electron chi connectivity index (χ3n) is 4.82. The van der Waals surface area contributed by atoms with Crippen molar-refractivity contribution in [1.29, 1.82) is 0 Å². The summed E-state index contributed by atoms with van der Waals surface area (Å²) in [6, 6.07) is 16.2. The van der Waals surface area contributed by atoms with E-state index in [0.717, 1.165) is 11.3 Å². The van der Waals surface area contributed by atoms with Gasteiger partial charge in [0.05, 0.1) is 10.9 Å². The molecule has 1 atom stereocenters. The Morgan fingerprint density at radius 2 is 1.69 bits per heavy atom. The van der Waals surface area contributed by atoms with Crippen molar-refractivity contribution in [2.24, 2.45) is 0 Å². The summed E-state index contributed by atoms with van der Waals surface area (Å²) in [4.78, 5) is 0.226. The minimum Gasteiger partial charge on any atom is -0.348 e. The van der Waals surface area contributed by atoms with Gasteiger partial charge in [-0.3, -0.25) is 0 Å². The zero-order valence-electron chi connectivity index (χ0n) is 14.3. The molecule has 0 aliphatic carbocycles. The molecule has 6 heteroatoms. The molecular formula is C20H19FN2O2S. The van der Waals surface area contributed by atoms with E-state index >= 15 is 0 Å². The largest absolute Gasteiger partial charge is 0.348 e. The highest BCUT2D eigenvalue weighted by Gasteiger charge is 2.38. The molecule has 0 saturated carbocycles. The SMILES string of the molecule is Cc1ccc(S(=O)(=O)N2CCn3cccc3[C@H]2c2ccccc2F)cc1. The number of nitrogens with zero attached hydrogens (tertiary/aromatic N) is 2. The average Bonchev–Trinajstić information content (AvgIpc) is 3.10. The molecule has 134 valence electrons. The number of halogens is 1. The number of rotatable bonds is 3.